The van der Waals surface area contributed by atoms with Gasteiger partial charge in [0.25, 0.3) is 0 Å². The zero-order valence-electron chi connectivity index (χ0n) is 43.6. The largest absolute Gasteiger partial charge is 0.443 e. The third-order valence-corrected chi connectivity index (χ3v) is 11.0. The second kappa shape index (κ2) is 39.5. The van der Waals surface area contributed by atoms with Gasteiger partial charge in [-0.15, -0.1) is 5.10 Å². The minimum atomic E-state index is -0.627. The van der Waals surface area contributed by atoms with E-state index in [2.05, 4.69) is 41.5 Å². The highest BCUT2D eigenvalue weighted by molar-refractivity contribution is 5.84. The molecule has 0 aromatic carbocycles. The first kappa shape index (κ1) is 63.4. The molecule has 0 fully saturated rings. The Morgan fingerprint density at radius 2 is 1.04 bits per heavy atom. The lowest BCUT2D eigenvalue weighted by atomic mass is 10.2. The van der Waals surface area contributed by atoms with E-state index >= 15 is 0 Å². The molecule has 0 aliphatic rings. The predicted octanol–water partition coefficient (Wildman–Crippen LogP) is 2.28. The van der Waals surface area contributed by atoms with Crippen LogP contribution in [-0.2, 0) is 60.9 Å². The number of aromatic nitrogens is 5. The van der Waals surface area contributed by atoms with Gasteiger partial charge in [0.2, 0.25) is 35.4 Å². The number of ether oxygens (including phenoxy) is 4. The van der Waals surface area contributed by atoms with Gasteiger partial charge in [-0.2, -0.15) is 0 Å². The smallest absolute Gasteiger partial charge is 0.407 e. The number of amides is 7. The van der Waals surface area contributed by atoms with Crippen LogP contribution in [0.4, 0.5) is 16.4 Å². The lowest BCUT2D eigenvalue weighted by Crippen LogP contribution is -2.37. The maximum Gasteiger partial charge on any atom is 0.407 e. The molecule has 27 heteroatoms. The Balaban J connectivity index is 1.07. The number of carbonyl (C=O) groups is 7. The summed E-state index contributed by atoms with van der Waals surface area (Å²) in [5.74, 6) is -1.23. The second-order valence-corrected chi connectivity index (χ2v) is 17.2. The van der Waals surface area contributed by atoms with Crippen LogP contribution in [0.1, 0.15) is 96.1 Å². The van der Waals surface area contributed by atoms with Gasteiger partial charge in [-0.05, 0) is 82.1 Å². The van der Waals surface area contributed by atoms with Crippen molar-refractivity contribution in [1.82, 2.24) is 61.4 Å². The number of nitrogens with one attached hydrogen (secondary N) is 4. The maximum absolute atomic E-state index is 12.6. The molecule has 3 aromatic rings. The molecular weight excluding hydrogens is 995 g/mol. The van der Waals surface area contributed by atoms with E-state index in [0.717, 1.165) is 0 Å². The van der Waals surface area contributed by atoms with Crippen molar-refractivity contribution in [3.05, 3.63) is 60.7 Å². The predicted molar refractivity (Wildman–Crippen MR) is 271 cm³/mol. The first-order valence-electron chi connectivity index (χ1n) is 25.7. The van der Waals surface area contributed by atoms with Gasteiger partial charge in [0, 0.05) is 90.8 Å². The van der Waals surface area contributed by atoms with Gasteiger partial charge in [0.05, 0.1) is 52.4 Å². The molecule has 0 spiro atoms. The Morgan fingerprint density at radius 3 is 1.55 bits per heavy atom. The van der Waals surface area contributed by atoms with E-state index in [1.54, 1.807) is 40.3 Å². The van der Waals surface area contributed by atoms with Crippen molar-refractivity contribution in [3.8, 4) is 0 Å². The van der Waals surface area contributed by atoms with Crippen molar-refractivity contribution in [2.45, 2.75) is 104 Å². The Labute approximate surface area is 442 Å². The van der Waals surface area contributed by atoms with Gasteiger partial charge < -0.3 is 45.1 Å². The number of rotatable bonds is 42. The molecule has 7 amide bonds. The first-order chi connectivity index (χ1) is 36.8. The summed E-state index contributed by atoms with van der Waals surface area (Å²) in [7, 11) is 0. The van der Waals surface area contributed by atoms with Crippen molar-refractivity contribution in [2.24, 2.45) is 0 Å². The molecule has 0 bridgehead atoms. The molecule has 3 rings (SSSR count). The summed E-state index contributed by atoms with van der Waals surface area (Å²) >= 11 is 0. The number of hydrogen-bond acceptors (Lipinski definition) is 19. The van der Waals surface area contributed by atoms with Crippen LogP contribution in [-0.4, -0.2) is 189 Å². The summed E-state index contributed by atoms with van der Waals surface area (Å²) in [6, 6.07) is 10.9. The Kier molecular flexibility index (Phi) is 32.9. The van der Waals surface area contributed by atoms with Crippen LogP contribution < -0.4 is 26.2 Å². The van der Waals surface area contributed by atoms with Crippen LogP contribution in [0.25, 0.3) is 0 Å². The minimum Gasteiger partial charge on any atom is -0.443 e. The molecule has 0 aliphatic carbocycles. The molecule has 0 unspecified atom stereocenters. The van der Waals surface area contributed by atoms with Gasteiger partial charge in [-0.1, -0.05) is 17.3 Å². The zero-order valence-corrected chi connectivity index (χ0v) is 43.6. The Hall–Kier alpha value is -6.91. The Bertz CT molecular complexity index is 2090. The summed E-state index contributed by atoms with van der Waals surface area (Å²) in [5.41, 5.74) is 0.459. The van der Waals surface area contributed by atoms with Gasteiger partial charge >= 0.3 is 6.09 Å². The summed E-state index contributed by atoms with van der Waals surface area (Å²) in [4.78, 5) is 94.8. The van der Waals surface area contributed by atoms with E-state index in [1.807, 2.05) is 24.3 Å². The molecule has 27 nitrogen and oxygen atoms in total. The number of anilines is 2. The van der Waals surface area contributed by atoms with E-state index in [4.69, 9.17) is 18.9 Å². The van der Waals surface area contributed by atoms with Crippen LogP contribution >= 0.6 is 0 Å². The summed E-state index contributed by atoms with van der Waals surface area (Å²) < 4.78 is 23.5. The Morgan fingerprint density at radius 1 is 0.553 bits per heavy atom. The molecule has 0 saturated carbocycles. The lowest BCUT2D eigenvalue weighted by Gasteiger charge is -2.22. The number of alkyl carbamates (subject to hydrolysis) is 1. The standard InChI is InChI=1S/C49H77N13O14/c1-40(63)60(70)27-12-2-7-23-52-44(64)17-19-47(67)61(71)28-13-3-8-24-53-45(65)18-20-48(68)62(72)29-14-4-9-25-55-49(69)76-39-41-37-58(57-56-41)30-32-74-34-36-75-35-33-73-31-26-54-46(66)38-59(42-15-5-10-21-50-42)43-16-6-11-22-51-43/h5-6,10-11,15-16,21-22,37,70-72H,2-4,7-9,12-14,17-20,23-36,38-39H2,1H3,(H,52,64)(H,53,65)(H,54,66)(H,55,69). The van der Waals surface area contributed by atoms with Crippen molar-refractivity contribution >= 4 is 53.2 Å². The molecule has 0 saturated heterocycles. The second-order valence-electron chi connectivity index (χ2n) is 17.2. The van der Waals surface area contributed by atoms with Crippen LogP contribution in [0, 0.1) is 0 Å². The van der Waals surface area contributed by atoms with E-state index in [9.17, 15) is 49.2 Å². The van der Waals surface area contributed by atoms with Crippen molar-refractivity contribution in [1.29, 1.82) is 0 Å². The number of carbonyl (C=O) groups excluding carboxylic acids is 7. The monoisotopic (exact) mass is 1070 g/mol. The fraction of sp³-hybridized carbons (Fsp3) is 0.612. The number of pyridine rings is 2. The van der Waals surface area contributed by atoms with Crippen molar-refractivity contribution < 1.29 is 68.1 Å². The molecule has 0 atom stereocenters. The first-order valence-corrected chi connectivity index (χ1v) is 25.7. The third-order valence-electron chi connectivity index (χ3n) is 11.0. The molecular formula is C49H77N13O14. The fourth-order valence-corrected chi connectivity index (χ4v) is 6.79. The number of hydrogen-bond donors (Lipinski definition) is 7. The van der Waals surface area contributed by atoms with Crippen LogP contribution in [0.2, 0.25) is 0 Å². The van der Waals surface area contributed by atoms with E-state index in [-0.39, 0.29) is 76.2 Å². The van der Waals surface area contributed by atoms with E-state index in [1.165, 1.54) is 6.92 Å². The molecule has 3 heterocycles. The van der Waals surface area contributed by atoms with Gasteiger partial charge in [0.15, 0.2) is 0 Å². The summed E-state index contributed by atoms with van der Waals surface area (Å²) in [6.07, 6.45) is 9.07. The molecule has 76 heavy (non-hydrogen) atoms. The zero-order chi connectivity index (χ0) is 55.0. The topological polar surface area (TPSA) is 335 Å². The molecule has 7 N–H and O–H groups in total. The lowest BCUT2D eigenvalue weighted by molar-refractivity contribution is -0.166. The number of unbranched alkanes of at least 4 members (excludes halogenated alkanes) is 6. The van der Waals surface area contributed by atoms with Gasteiger partial charge in [0.1, 0.15) is 30.5 Å². The van der Waals surface area contributed by atoms with Crippen molar-refractivity contribution in [2.75, 3.05) is 96.9 Å². The quantitative estimate of drug-likeness (QED) is 0.0243. The van der Waals surface area contributed by atoms with Gasteiger partial charge in [-0.3, -0.25) is 44.4 Å². The number of nitrogens with zero attached hydrogens (tertiary/aromatic N) is 9. The fourth-order valence-electron chi connectivity index (χ4n) is 6.79. The highest BCUT2D eigenvalue weighted by atomic mass is 16.6. The number of hydroxylamine groups is 6. The average molecular weight is 1070 g/mol. The van der Waals surface area contributed by atoms with Crippen molar-refractivity contribution in [3.63, 3.8) is 0 Å². The third kappa shape index (κ3) is 29.8. The van der Waals surface area contributed by atoms with Crippen LogP contribution in [0.3, 0.4) is 0 Å². The molecule has 3 aromatic heterocycles. The molecule has 0 radical (unpaired) electrons. The van der Waals surface area contributed by atoms with E-state index in [0.29, 0.717) is 163 Å². The summed E-state index contributed by atoms with van der Waals surface area (Å²) in [5, 5.41) is 50.1. The van der Waals surface area contributed by atoms with Crippen LogP contribution in [0.15, 0.2) is 55.0 Å². The molecule has 0 aliphatic heterocycles. The normalized spacial score (nSPS) is 10.8. The maximum atomic E-state index is 12.6. The van der Waals surface area contributed by atoms with Crippen LogP contribution in [0.5, 0.6) is 0 Å². The summed E-state index contributed by atoms with van der Waals surface area (Å²) in [6.45, 7) is 5.55. The van der Waals surface area contributed by atoms with E-state index < -0.39 is 23.8 Å². The minimum absolute atomic E-state index is 0.0511. The average Bonchev–Trinajstić information content (AvgIpc) is 3.89. The van der Waals surface area contributed by atoms with Gasteiger partial charge in [-0.25, -0.2) is 34.6 Å². The molecule has 422 valence electrons. The highest BCUT2D eigenvalue weighted by Gasteiger charge is 2.17. The highest BCUT2D eigenvalue weighted by Crippen LogP contribution is 2.20. The SMILES string of the molecule is CC(=O)N(O)CCCCCNC(=O)CCC(=O)N(O)CCCCCNC(=O)CCC(=O)N(O)CCCCCNC(=O)OCc1cn(CCOCCOCCOCCNC(=O)CN(c2ccccn2)c2ccccn2)nn1.